The summed E-state index contributed by atoms with van der Waals surface area (Å²) >= 11 is 3.41. The molecule has 88 valence electrons. The van der Waals surface area contributed by atoms with Crippen molar-refractivity contribution in [2.75, 3.05) is 7.11 Å². The van der Waals surface area contributed by atoms with Gasteiger partial charge in [-0.25, -0.2) is 4.79 Å². The number of pyridine rings is 1. The molecule has 1 heterocycles. The molecule has 0 amide bonds. The minimum absolute atomic E-state index is 0.00996. The molecule has 0 bridgehead atoms. The maximum atomic E-state index is 12.1. The smallest absolute Gasteiger partial charge is 0.343 e. The van der Waals surface area contributed by atoms with Crippen LogP contribution in [0, 0.1) is 6.92 Å². The average Bonchev–Trinajstić information content (AvgIpc) is 2.33. The van der Waals surface area contributed by atoms with Crippen LogP contribution in [-0.2, 0) is 4.74 Å². The number of esters is 1. The van der Waals surface area contributed by atoms with Gasteiger partial charge in [0.15, 0.2) is 0 Å². The van der Waals surface area contributed by atoms with Gasteiger partial charge in [-0.15, -0.1) is 0 Å². The van der Waals surface area contributed by atoms with Crippen molar-refractivity contribution in [1.29, 1.82) is 0 Å². The van der Waals surface area contributed by atoms with Crippen molar-refractivity contribution < 1.29 is 9.53 Å². The molecule has 5 heteroatoms. The minimum atomic E-state index is -0.634. The van der Waals surface area contributed by atoms with Crippen molar-refractivity contribution in [3.63, 3.8) is 0 Å². The Bertz CT molecular complexity index is 661. The van der Waals surface area contributed by atoms with Gasteiger partial charge >= 0.3 is 5.97 Å². The number of hydrogen-bond acceptors (Lipinski definition) is 3. The fourth-order valence-corrected chi connectivity index (χ4v) is 2.09. The highest BCUT2D eigenvalue weighted by Gasteiger charge is 2.14. The number of H-pyrrole nitrogens is 1. The Hall–Kier alpha value is -1.62. The maximum absolute atomic E-state index is 12.1. The van der Waals surface area contributed by atoms with Crippen LogP contribution < -0.4 is 5.43 Å². The van der Waals surface area contributed by atoms with Gasteiger partial charge in [-0.1, -0.05) is 6.07 Å². The quantitative estimate of drug-likeness (QED) is 0.822. The van der Waals surface area contributed by atoms with Crippen LogP contribution in [0.4, 0.5) is 0 Å². The SMILES string of the molecule is COC(=O)c1c[nH]c2c(Br)c(C)ccc2c1=O. The molecule has 0 unspecified atom stereocenters. The number of aromatic amines is 1. The van der Waals surface area contributed by atoms with E-state index >= 15 is 0 Å². The Kier molecular flexibility index (Phi) is 3.02. The number of carbonyl (C=O) groups is 1. The number of rotatable bonds is 1. The summed E-state index contributed by atoms with van der Waals surface area (Å²) in [7, 11) is 1.25. The maximum Gasteiger partial charge on any atom is 0.343 e. The molecule has 0 aliphatic heterocycles. The summed E-state index contributed by atoms with van der Waals surface area (Å²) in [6.45, 7) is 1.93. The molecule has 0 saturated heterocycles. The molecular weight excluding hydrogens is 286 g/mol. The monoisotopic (exact) mass is 295 g/mol. The number of hydrogen-bond donors (Lipinski definition) is 1. The van der Waals surface area contributed by atoms with Crippen LogP contribution in [0.2, 0.25) is 0 Å². The number of halogens is 1. The van der Waals surface area contributed by atoms with Crippen molar-refractivity contribution >= 4 is 32.8 Å². The number of fused-ring (bicyclic) bond motifs is 1. The lowest BCUT2D eigenvalue weighted by Gasteiger charge is -2.05. The van der Waals surface area contributed by atoms with Crippen molar-refractivity contribution in [2.24, 2.45) is 0 Å². The normalized spacial score (nSPS) is 10.5. The summed E-state index contributed by atoms with van der Waals surface area (Å²) in [4.78, 5) is 26.4. The van der Waals surface area contributed by atoms with Gasteiger partial charge in [0.05, 0.1) is 12.6 Å². The molecule has 0 fully saturated rings. The van der Waals surface area contributed by atoms with E-state index in [0.29, 0.717) is 10.9 Å². The lowest BCUT2D eigenvalue weighted by Crippen LogP contribution is -2.17. The van der Waals surface area contributed by atoms with Crippen molar-refractivity contribution in [1.82, 2.24) is 4.98 Å². The van der Waals surface area contributed by atoms with E-state index in [-0.39, 0.29) is 11.0 Å². The van der Waals surface area contributed by atoms with Crippen LogP contribution in [-0.4, -0.2) is 18.1 Å². The van der Waals surface area contributed by atoms with Crippen molar-refractivity contribution in [3.05, 3.63) is 44.2 Å². The van der Waals surface area contributed by atoms with E-state index in [1.54, 1.807) is 6.07 Å². The second kappa shape index (κ2) is 4.33. The van der Waals surface area contributed by atoms with Gasteiger partial charge in [-0.2, -0.15) is 0 Å². The van der Waals surface area contributed by atoms with E-state index in [4.69, 9.17) is 0 Å². The van der Waals surface area contributed by atoms with Crippen LogP contribution >= 0.6 is 15.9 Å². The first-order chi connectivity index (χ1) is 8.06. The zero-order valence-corrected chi connectivity index (χ0v) is 10.9. The number of aromatic nitrogens is 1. The molecular formula is C12H10BrNO3. The second-order valence-electron chi connectivity index (χ2n) is 3.64. The van der Waals surface area contributed by atoms with Crippen LogP contribution in [0.3, 0.4) is 0 Å². The van der Waals surface area contributed by atoms with Crippen LogP contribution in [0.25, 0.3) is 10.9 Å². The molecule has 1 aromatic heterocycles. The fraction of sp³-hybridized carbons (Fsp3) is 0.167. The summed E-state index contributed by atoms with van der Waals surface area (Å²) in [6, 6.07) is 3.52. The van der Waals surface area contributed by atoms with Gasteiger partial charge in [0.25, 0.3) is 0 Å². The van der Waals surface area contributed by atoms with Crippen LogP contribution in [0.15, 0.2) is 27.6 Å². The number of aryl methyl sites for hydroxylation is 1. The highest BCUT2D eigenvalue weighted by atomic mass is 79.9. The molecule has 0 saturated carbocycles. The average molecular weight is 296 g/mol. The zero-order chi connectivity index (χ0) is 12.6. The number of benzene rings is 1. The predicted molar refractivity (Wildman–Crippen MR) is 68.3 cm³/mol. The second-order valence-corrected chi connectivity index (χ2v) is 4.44. The molecule has 2 aromatic rings. The van der Waals surface area contributed by atoms with E-state index in [0.717, 1.165) is 10.0 Å². The molecule has 17 heavy (non-hydrogen) atoms. The van der Waals surface area contributed by atoms with E-state index in [1.165, 1.54) is 13.3 Å². The Morgan fingerprint density at radius 2 is 2.12 bits per heavy atom. The molecule has 1 N–H and O–H groups in total. The number of carbonyl (C=O) groups excluding carboxylic acids is 1. The van der Waals surface area contributed by atoms with Gasteiger partial charge in [0, 0.05) is 16.1 Å². The highest BCUT2D eigenvalue weighted by molar-refractivity contribution is 9.10. The highest BCUT2D eigenvalue weighted by Crippen LogP contribution is 2.23. The topological polar surface area (TPSA) is 59.2 Å². The zero-order valence-electron chi connectivity index (χ0n) is 9.33. The van der Waals surface area contributed by atoms with E-state index in [1.807, 2.05) is 13.0 Å². The molecule has 4 nitrogen and oxygen atoms in total. The molecule has 2 rings (SSSR count). The Labute approximate surface area is 106 Å². The van der Waals surface area contributed by atoms with E-state index < -0.39 is 5.97 Å². The van der Waals surface area contributed by atoms with Gasteiger partial charge in [-0.05, 0) is 34.5 Å². The largest absolute Gasteiger partial charge is 0.465 e. The Morgan fingerprint density at radius 1 is 1.41 bits per heavy atom. The van der Waals surface area contributed by atoms with E-state index in [9.17, 15) is 9.59 Å². The summed E-state index contributed by atoms with van der Waals surface area (Å²) in [5.41, 5.74) is 1.38. The Balaban J connectivity index is 2.83. The standard InChI is InChI=1S/C12H10BrNO3/c1-6-3-4-7-10(9(6)13)14-5-8(11(7)15)12(16)17-2/h3-5H,1-2H3,(H,14,15). The number of ether oxygens (including phenoxy) is 1. The Morgan fingerprint density at radius 3 is 2.76 bits per heavy atom. The fourth-order valence-electron chi connectivity index (χ4n) is 1.63. The molecule has 0 aliphatic carbocycles. The van der Waals surface area contributed by atoms with Crippen LogP contribution in [0.5, 0.6) is 0 Å². The first-order valence-corrected chi connectivity index (χ1v) is 5.74. The van der Waals surface area contributed by atoms with Crippen molar-refractivity contribution in [3.8, 4) is 0 Å². The van der Waals surface area contributed by atoms with Gasteiger partial charge in [0.2, 0.25) is 5.43 Å². The third-order valence-corrected chi connectivity index (χ3v) is 3.61. The lowest BCUT2D eigenvalue weighted by molar-refractivity contribution is 0.0599. The molecule has 0 spiro atoms. The lowest BCUT2D eigenvalue weighted by atomic mass is 10.1. The summed E-state index contributed by atoms with van der Waals surface area (Å²) < 4.78 is 5.37. The molecule has 1 aromatic carbocycles. The summed E-state index contributed by atoms with van der Waals surface area (Å²) in [5.74, 6) is -0.634. The van der Waals surface area contributed by atoms with Gasteiger partial charge in [-0.3, -0.25) is 4.79 Å². The van der Waals surface area contributed by atoms with Crippen LogP contribution in [0.1, 0.15) is 15.9 Å². The minimum Gasteiger partial charge on any atom is -0.465 e. The third-order valence-electron chi connectivity index (χ3n) is 2.59. The first-order valence-electron chi connectivity index (χ1n) is 4.95. The molecule has 0 aliphatic rings. The number of methoxy groups -OCH3 is 1. The van der Waals surface area contributed by atoms with E-state index in [2.05, 4.69) is 25.7 Å². The summed E-state index contributed by atoms with van der Waals surface area (Å²) in [6.07, 6.45) is 1.38. The number of nitrogens with one attached hydrogen (secondary N) is 1. The first kappa shape index (κ1) is 11.9. The molecule has 0 radical (unpaired) electrons. The predicted octanol–water partition coefficient (Wildman–Crippen LogP) is 2.39. The third kappa shape index (κ3) is 1.86. The molecule has 0 atom stereocenters. The van der Waals surface area contributed by atoms with Gasteiger partial charge in [0.1, 0.15) is 5.56 Å². The summed E-state index contributed by atoms with van der Waals surface area (Å²) in [5, 5.41) is 0.463. The van der Waals surface area contributed by atoms with Gasteiger partial charge < -0.3 is 9.72 Å². The van der Waals surface area contributed by atoms with Crippen molar-refractivity contribution in [2.45, 2.75) is 6.92 Å².